The van der Waals surface area contributed by atoms with Crippen molar-refractivity contribution in [1.29, 1.82) is 0 Å². The molecule has 3 N–H and O–H groups in total. The second-order valence-electron chi connectivity index (χ2n) is 4.51. The first-order valence-corrected chi connectivity index (χ1v) is 6.55. The second kappa shape index (κ2) is 7.42. The van der Waals surface area contributed by atoms with Crippen LogP contribution in [-0.4, -0.2) is 22.9 Å². The first-order chi connectivity index (χ1) is 10.2. The Morgan fingerprint density at radius 2 is 1.90 bits per heavy atom. The number of aliphatic hydroxyl groups excluding tert-OH is 2. The van der Waals surface area contributed by atoms with Crippen LogP contribution in [-0.2, 0) is 11.3 Å². The highest BCUT2D eigenvalue weighted by atomic mass is 16.5. The van der Waals surface area contributed by atoms with E-state index in [1.54, 1.807) is 24.3 Å². The summed E-state index contributed by atoms with van der Waals surface area (Å²) in [5, 5.41) is 21.0. The summed E-state index contributed by atoms with van der Waals surface area (Å²) in [5.74, 6) is 0. The third-order valence-corrected chi connectivity index (χ3v) is 2.90. The maximum atomic E-state index is 11.7. The first kappa shape index (κ1) is 15.0. The van der Waals surface area contributed by atoms with Crippen LogP contribution in [0, 0.1) is 0 Å². The Labute approximate surface area is 122 Å². The van der Waals surface area contributed by atoms with Crippen molar-refractivity contribution in [1.82, 2.24) is 0 Å². The van der Waals surface area contributed by atoms with E-state index in [4.69, 9.17) is 9.84 Å². The van der Waals surface area contributed by atoms with Crippen LogP contribution in [0.1, 0.15) is 17.2 Å². The lowest BCUT2D eigenvalue weighted by atomic mass is 10.1. The second-order valence-corrected chi connectivity index (χ2v) is 4.51. The molecule has 0 aromatic heterocycles. The van der Waals surface area contributed by atoms with Gasteiger partial charge in [-0.05, 0) is 23.3 Å². The van der Waals surface area contributed by atoms with Crippen LogP contribution in [0.25, 0.3) is 0 Å². The summed E-state index contributed by atoms with van der Waals surface area (Å²) in [6.07, 6.45) is -1.54. The molecule has 1 amide bonds. The molecule has 0 aliphatic rings. The monoisotopic (exact) mass is 287 g/mol. The Balaban J connectivity index is 1.90. The fourth-order valence-corrected chi connectivity index (χ4v) is 1.81. The van der Waals surface area contributed by atoms with Crippen molar-refractivity contribution >= 4 is 11.8 Å². The topological polar surface area (TPSA) is 78.8 Å². The van der Waals surface area contributed by atoms with Gasteiger partial charge in [0.15, 0.2) is 0 Å². The summed E-state index contributed by atoms with van der Waals surface area (Å²) in [6.45, 7) is -0.187. The maximum absolute atomic E-state index is 11.7. The largest absolute Gasteiger partial charge is 0.444 e. The number of rotatable bonds is 5. The zero-order valence-electron chi connectivity index (χ0n) is 11.4. The minimum absolute atomic E-state index is 0.186. The molecule has 0 heterocycles. The van der Waals surface area contributed by atoms with Gasteiger partial charge in [-0.1, -0.05) is 42.5 Å². The van der Waals surface area contributed by atoms with Gasteiger partial charge in [-0.2, -0.15) is 0 Å². The van der Waals surface area contributed by atoms with E-state index in [-0.39, 0.29) is 13.2 Å². The number of hydrogen-bond acceptors (Lipinski definition) is 4. The number of carbonyl (C=O) groups excluding carboxylic acids is 1. The van der Waals surface area contributed by atoms with Gasteiger partial charge in [-0.15, -0.1) is 0 Å². The summed E-state index contributed by atoms with van der Waals surface area (Å²) >= 11 is 0. The van der Waals surface area contributed by atoms with Crippen molar-refractivity contribution in [3.05, 3.63) is 65.7 Å². The number of aliphatic hydroxyl groups is 2. The van der Waals surface area contributed by atoms with Crippen molar-refractivity contribution in [2.24, 2.45) is 0 Å². The van der Waals surface area contributed by atoms with E-state index in [9.17, 15) is 9.90 Å². The van der Waals surface area contributed by atoms with Gasteiger partial charge in [-0.25, -0.2) is 4.79 Å². The van der Waals surface area contributed by atoms with Crippen molar-refractivity contribution in [3.63, 3.8) is 0 Å². The summed E-state index contributed by atoms with van der Waals surface area (Å²) < 4.78 is 5.10. The van der Waals surface area contributed by atoms with Gasteiger partial charge in [-0.3, -0.25) is 5.32 Å². The normalized spacial score (nSPS) is 11.7. The molecule has 2 aromatic carbocycles. The van der Waals surface area contributed by atoms with E-state index in [2.05, 4.69) is 5.32 Å². The van der Waals surface area contributed by atoms with Crippen molar-refractivity contribution in [2.45, 2.75) is 12.7 Å². The number of nitrogens with one attached hydrogen (secondary N) is 1. The van der Waals surface area contributed by atoms with E-state index in [0.29, 0.717) is 11.3 Å². The van der Waals surface area contributed by atoms with Crippen LogP contribution in [0.3, 0.4) is 0 Å². The predicted molar refractivity (Wildman–Crippen MR) is 78.7 cm³/mol. The summed E-state index contributed by atoms with van der Waals surface area (Å²) in [4.78, 5) is 11.7. The van der Waals surface area contributed by atoms with Gasteiger partial charge in [0, 0.05) is 5.69 Å². The molecule has 2 aromatic rings. The molecular formula is C16H17NO4. The summed E-state index contributed by atoms with van der Waals surface area (Å²) in [6, 6.07) is 16.0. The zero-order valence-corrected chi connectivity index (χ0v) is 11.4. The molecule has 110 valence electrons. The van der Waals surface area contributed by atoms with Gasteiger partial charge in [0.2, 0.25) is 0 Å². The predicted octanol–water partition coefficient (Wildman–Crippen LogP) is 2.46. The Bertz CT molecular complexity index is 586. The van der Waals surface area contributed by atoms with Crippen LogP contribution in [0.5, 0.6) is 0 Å². The van der Waals surface area contributed by atoms with Gasteiger partial charge in [0.1, 0.15) is 12.7 Å². The number of ether oxygens (including phenoxy) is 1. The standard InChI is InChI=1S/C16H17NO4/c18-10-15(19)13-7-4-8-14(9-13)17-16(20)21-11-12-5-2-1-3-6-12/h1-9,15,18-19H,10-11H2,(H,17,20). The Morgan fingerprint density at radius 3 is 2.62 bits per heavy atom. The highest BCUT2D eigenvalue weighted by molar-refractivity contribution is 5.84. The van der Waals surface area contributed by atoms with Crippen molar-refractivity contribution in [2.75, 3.05) is 11.9 Å². The lowest BCUT2D eigenvalue weighted by Gasteiger charge is -2.11. The fourth-order valence-electron chi connectivity index (χ4n) is 1.81. The molecule has 2 rings (SSSR count). The molecule has 5 heteroatoms. The van der Waals surface area contributed by atoms with Gasteiger partial charge >= 0.3 is 6.09 Å². The molecule has 0 aliphatic heterocycles. The van der Waals surface area contributed by atoms with E-state index >= 15 is 0 Å². The molecule has 1 unspecified atom stereocenters. The molecule has 5 nitrogen and oxygen atoms in total. The van der Waals surface area contributed by atoms with E-state index < -0.39 is 12.2 Å². The average Bonchev–Trinajstić information content (AvgIpc) is 2.53. The number of benzene rings is 2. The van der Waals surface area contributed by atoms with E-state index in [1.807, 2.05) is 30.3 Å². The Morgan fingerprint density at radius 1 is 1.14 bits per heavy atom. The minimum atomic E-state index is -0.966. The van der Waals surface area contributed by atoms with Crippen LogP contribution in [0.15, 0.2) is 54.6 Å². The maximum Gasteiger partial charge on any atom is 0.411 e. The highest BCUT2D eigenvalue weighted by Gasteiger charge is 2.08. The van der Waals surface area contributed by atoms with Crippen LogP contribution in [0.2, 0.25) is 0 Å². The molecule has 0 saturated carbocycles. The SMILES string of the molecule is O=C(Nc1cccc(C(O)CO)c1)OCc1ccccc1. The summed E-state index contributed by atoms with van der Waals surface area (Å²) in [7, 11) is 0. The first-order valence-electron chi connectivity index (χ1n) is 6.55. The van der Waals surface area contributed by atoms with Crippen LogP contribution < -0.4 is 5.32 Å². The van der Waals surface area contributed by atoms with Crippen LogP contribution >= 0.6 is 0 Å². The molecular weight excluding hydrogens is 270 g/mol. The zero-order chi connectivity index (χ0) is 15.1. The lowest BCUT2D eigenvalue weighted by molar-refractivity contribution is 0.0956. The molecule has 0 fully saturated rings. The van der Waals surface area contributed by atoms with Gasteiger partial charge < -0.3 is 14.9 Å². The third-order valence-electron chi connectivity index (χ3n) is 2.90. The van der Waals surface area contributed by atoms with Crippen molar-refractivity contribution < 1.29 is 19.7 Å². The quantitative estimate of drug-likeness (QED) is 0.789. The minimum Gasteiger partial charge on any atom is -0.444 e. The Hall–Kier alpha value is -2.37. The molecule has 0 bridgehead atoms. The smallest absolute Gasteiger partial charge is 0.411 e. The molecule has 0 spiro atoms. The molecule has 0 saturated heterocycles. The average molecular weight is 287 g/mol. The molecule has 0 radical (unpaired) electrons. The molecule has 21 heavy (non-hydrogen) atoms. The number of hydrogen-bond donors (Lipinski definition) is 3. The van der Waals surface area contributed by atoms with Gasteiger partial charge in [0.05, 0.1) is 6.61 Å². The number of amides is 1. The third kappa shape index (κ3) is 4.59. The molecule has 1 atom stereocenters. The Kier molecular flexibility index (Phi) is 5.31. The van der Waals surface area contributed by atoms with Crippen LogP contribution in [0.4, 0.5) is 10.5 Å². The van der Waals surface area contributed by atoms with Crippen molar-refractivity contribution in [3.8, 4) is 0 Å². The number of carbonyl (C=O) groups is 1. The van der Waals surface area contributed by atoms with E-state index in [1.165, 1.54) is 0 Å². The number of anilines is 1. The van der Waals surface area contributed by atoms with Gasteiger partial charge in [0.25, 0.3) is 0 Å². The fraction of sp³-hybridized carbons (Fsp3) is 0.188. The molecule has 0 aliphatic carbocycles. The van der Waals surface area contributed by atoms with E-state index in [0.717, 1.165) is 5.56 Å². The lowest BCUT2D eigenvalue weighted by Crippen LogP contribution is -2.14. The summed E-state index contributed by atoms with van der Waals surface area (Å²) in [5.41, 5.74) is 1.92. The highest BCUT2D eigenvalue weighted by Crippen LogP contribution is 2.17.